The van der Waals surface area contributed by atoms with Gasteiger partial charge in [0.05, 0.1) is 6.04 Å². The van der Waals surface area contributed by atoms with Crippen LogP contribution in [0.4, 0.5) is 0 Å². The summed E-state index contributed by atoms with van der Waals surface area (Å²) < 4.78 is 0. The average molecular weight is 512 g/mol. The van der Waals surface area contributed by atoms with Crippen molar-refractivity contribution < 1.29 is 24.3 Å². The maximum absolute atomic E-state index is 13.1. The van der Waals surface area contributed by atoms with Crippen molar-refractivity contribution >= 4 is 47.2 Å². The van der Waals surface area contributed by atoms with Crippen LogP contribution in [-0.2, 0) is 32.0 Å². The summed E-state index contributed by atoms with van der Waals surface area (Å²) in [6, 6.07) is 13.7. The van der Waals surface area contributed by atoms with Gasteiger partial charge in [0.15, 0.2) is 0 Å². The molecule has 0 aliphatic carbocycles. The van der Waals surface area contributed by atoms with Crippen LogP contribution in [0, 0.1) is 0 Å². The zero-order valence-electron chi connectivity index (χ0n) is 19.4. The number of carbonyl (C=O) groups excluding carboxylic acids is 3. The van der Waals surface area contributed by atoms with Crippen molar-refractivity contribution in [3.05, 3.63) is 71.9 Å². The van der Waals surface area contributed by atoms with E-state index >= 15 is 0 Å². The maximum atomic E-state index is 13.1. The molecule has 0 saturated heterocycles. The summed E-state index contributed by atoms with van der Waals surface area (Å²) in [5.74, 6) is -3.11. The van der Waals surface area contributed by atoms with Crippen LogP contribution in [0.25, 0.3) is 10.9 Å². The number of benzene rings is 2. The van der Waals surface area contributed by atoms with Gasteiger partial charge in [0, 0.05) is 29.3 Å². The number of H-pyrrole nitrogens is 1. The van der Waals surface area contributed by atoms with E-state index in [1.807, 2.05) is 54.6 Å². The number of rotatable bonds is 12. The van der Waals surface area contributed by atoms with Crippen LogP contribution in [-0.4, -0.2) is 64.2 Å². The van der Waals surface area contributed by atoms with Crippen LogP contribution in [0.1, 0.15) is 11.1 Å². The summed E-state index contributed by atoms with van der Waals surface area (Å²) in [6.45, 7) is -0.591. The van der Waals surface area contributed by atoms with Crippen molar-refractivity contribution in [3.8, 4) is 0 Å². The second-order valence-corrected chi connectivity index (χ2v) is 8.64. The minimum atomic E-state index is -1.22. The molecule has 11 heteroatoms. The number of para-hydroxylation sites is 1. The van der Waals surface area contributed by atoms with Gasteiger partial charge in [-0.25, -0.2) is 0 Å². The van der Waals surface area contributed by atoms with Crippen LogP contribution in [0.3, 0.4) is 0 Å². The second-order valence-electron chi connectivity index (χ2n) is 8.28. The van der Waals surface area contributed by atoms with Gasteiger partial charge >= 0.3 is 5.97 Å². The highest BCUT2D eigenvalue weighted by Gasteiger charge is 2.28. The number of thiol groups is 1. The first-order valence-electron chi connectivity index (χ1n) is 11.3. The summed E-state index contributed by atoms with van der Waals surface area (Å²) in [5, 5.41) is 17.2. The van der Waals surface area contributed by atoms with Gasteiger partial charge in [0.25, 0.3) is 0 Å². The molecule has 7 N–H and O–H groups in total. The molecule has 0 fully saturated rings. The Balaban J connectivity index is 1.71. The fourth-order valence-electron chi connectivity index (χ4n) is 3.72. The lowest BCUT2D eigenvalue weighted by atomic mass is 10.0. The molecule has 190 valence electrons. The number of carbonyl (C=O) groups is 4. The van der Waals surface area contributed by atoms with E-state index in [2.05, 4.69) is 33.6 Å². The summed E-state index contributed by atoms with van der Waals surface area (Å²) in [6.07, 6.45) is 2.22. The van der Waals surface area contributed by atoms with Gasteiger partial charge < -0.3 is 31.8 Å². The summed E-state index contributed by atoms with van der Waals surface area (Å²) >= 11 is 4.09. The standard InChI is InChI=1S/C25H29N5O5S/c26-18(11-16-12-27-19-9-5-4-8-17(16)19)23(33)29-20(10-15-6-2-1-3-7-15)25(35)30-21(14-36)24(34)28-13-22(31)32/h1-9,12,18,20-21,27,36H,10-11,13-14,26H2,(H,28,34)(H,29,33)(H,30,35)(H,31,32). The minimum absolute atomic E-state index is 0.0662. The third-order valence-corrected chi connectivity index (χ3v) is 5.96. The van der Waals surface area contributed by atoms with Gasteiger partial charge in [-0.05, 0) is 23.6 Å². The summed E-state index contributed by atoms with van der Waals surface area (Å²) in [5.41, 5.74) is 8.80. The summed E-state index contributed by atoms with van der Waals surface area (Å²) in [4.78, 5) is 52.2. The van der Waals surface area contributed by atoms with Crippen LogP contribution in [0.5, 0.6) is 0 Å². The Kier molecular flexibility index (Phi) is 9.48. The molecule has 0 saturated carbocycles. The lowest BCUT2D eigenvalue weighted by molar-refractivity contribution is -0.138. The Morgan fingerprint density at radius 1 is 0.889 bits per heavy atom. The lowest BCUT2D eigenvalue weighted by Crippen LogP contribution is -2.57. The molecule has 3 unspecified atom stereocenters. The molecule has 0 aliphatic heterocycles. The Bertz CT molecular complexity index is 1220. The molecule has 0 aliphatic rings. The number of hydrogen-bond donors (Lipinski definition) is 7. The molecule has 0 spiro atoms. The number of carboxylic acid groups (broad SMARTS) is 1. The van der Waals surface area contributed by atoms with Crippen molar-refractivity contribution in [1.29, 1.82) is 0 Å². The highest BCUT2D eigenvalue weighted by atomic mass is 32.1. The Hall–Kier alpha value is -3.83. The molecule has 0 bridgehead atoms. The smallest absolute Gasteiger partial charge is 0.322 e. The molecular formula is C25H29N5O5S. The number of aliphatic carboxylic acids is 1. The minimum Gasteiger partial charge on any atom is -0.480 e. The lowest BCUT2D eigenvalue weighted by Gasteiger charge is -2.23. The number of aromatic amines is 1. The molecular weight excluding hydrogens is 482 g/mol. The van der Waals surface area contributed by atoms with Gasteiger partial charge in [0.2, 0.25) is 17.7 Å². The predicted octanol–water partition coefficient (Wildman–Crippen LogP) is 0.381. The zero-order valence-corrected chi connectivity index (χ0v) is 20.3. The quantitative estimate of drug-likeness (QED) is 0.174. The molecule has 1 aromatic heterocycles. The van der Waals surface area contributed by atoms with E-state index in [0.29, 0.717) is 0 Å². The molecule has 36 heavy (non-hydrogen) atoms. The number of nitrogens with one attached hydrogen (secondary N) is 4. The van der Waals surface area contributed by atoms with Crippen molar-refractivity contribution in [2.75, 3.05) is 12.3 Å². The first-order valence-corrected chi connectivity index (χ1v) is 12.0. The van der Waals surface area contributed by atoms with Crippen molar-refractivity contribution in [2.24, 2.45) is 5.73 Å². The number of carboxylic acids is 1. The number of hydrogen-bond acceptors (Lipinski definition) is 6. The van der Waals surface area contributed by atoms with Crippen molar-refractivity contribution in [1.82, 2.24) is 20.9 Å². The normalized spacial score (nSPS) is 13.4. The molecule has 0 radical (unpaired) electrons. The molecule has 1 heterocycles. The maximum Gasteiger partial charge on any atom is 0.322 e. The van der Waals surface area contributed by atoms with E-state index < -0.39 is 48.4 Å². The fourth-order valence-corrected chi connectivity index (χ4v) is 3.98. The monoisotopic (exact) mass is 511 g/mol. The van der Waals surface area contributed by atoms with E-state index in [1.54, 1.807) is 6.20 Å². The largest absolute Gasteiger partial charge is 0.480 e. The van der Waals surface area contributed by atoms with Gasteiger partial charge in [-0.3, -0.25) is 19.2 Å². The number of fused-ring (bicyclic) bond motifs is 1. The molecule has 3 rings (SSSR count). The highest BCUT2D eigenvalue weighted by Crippen LogP contribution is 2.18. The number of aromatic nitrogens is 1. The molecule has 10 nitrogen and oxygen atoms in total. The average Bonchev–Trinajstić information content (AvgIpc) is 3.28. The van der Waals surface area contributed by atoms with Gasteiger partial charge in [0.1, 0.15) is 18.6 Å². The number of nitrogens with two attached hydrogens (primary N) is 1. The topological polar surface area (TPSA) is 166 Å². The van der Waals surface area contributed by atoms with Crippen LogP contribution in [0.15, 0.2) is 60.8 Å². The Morgan fingerprint density at radius 2 is 1.56 bits per heavy atom. The molecule has 3 aromatic rings. The predicted molar refractivity (Wildman–Crippen MR) is 138 cm³/mol. The van der Waals surface area contributed by atoms with Crippen molar-refractivity contribution in [3.63, 3.8) is 0 Å². The van der Waals surface area contributed by atoms with Crippen LogP contribution in [0.2, 0.25) is 0 Å². The fraction of sp³-hybridized carbons (Fsp3) is 0.280. The van der Waals surface area contributed by atoms with E-state index in [1.165, 1.54) is 0 Å². The molecule has 3 atom stereocenters. The first kappa shape index (κ1) is 26.8. The van der Waals surface area contributed by atoms with E-state index in [0.717, 1.165) is 22.0 Å². The molecule has 2 aromatic carbocycles. The van der Waals surface area contributed by atoms with Crippen LogP contribution < -0.4 is 21.7 Å². The second kappa shape index (κ2) is 12.8. The first-order chi connectivity index (χ1) is 17.3. The number of amides is 3. The third-order valence-electron chi connectivity index (χ3n) is 5.60. The Morgan fingerprint density at radius 3 is 2.25 bits per heavy atom. The SMILES string of the molecule is NC(Cc1c[nH]c2ccccc12)C(=O)NC(Cc1ccccc1)C(=O)NC(CS)C(=O)NCC(=O)O. The van der Waals surface area contributed by atoms with Gasteiger partial charge in [-0.2, -0.15) is 12.6 Å². The van der Waals surface area contributed by atoms with E-state index in [4.69, 9.17) is 10.8 Å². The molecule has 3 amide bonds. The van der Waals surface area contributed by atoms with Crippen LogP contribution >= 0.6 is 12.6 Å². The summed E-state index contributed by atoms with van der Waals surface area (Å²) in [7, 11) is 0. The van der Waals surface area contributed by atoms with Crippen molar-refractivity contribution in [2.45, 2.75) is 31.0 Å². The zero-order chi connectivity index (χ0) is 26.1. The Labute approximate surface area is 213 Å². The third kappa shape index (κ3) is 7.33. The highest BCUT2D eigenvalue weighted by molar-refractivity contribution is 7.80. The van der Waals surface area contributed by atoms with Gasteiger partial charge in [-0.1, -0.05) is 48.5 Å². The van der Waals surface area contributed by atoms with Gasteiger partial charge in [-0.15, -0.1) is 0 Å². The van der Waals surface area contributed by atoms with E-state index in [9.17, 15) is 19.2 Å². The van der Waals surface area contributed by atoms with E-state index in [-0.39, 0.29) is 18.6 Å².